The van der Waals surface area contributed by atoms with E-state index in [2.05, 4.69) is 0 Å². The Hall–Kier alpha value is -1.88. The zero-order valence-electron chi connectivity index (χ0n) is 11.3. The molecule has 1 N–H and O–H groups in total. The first-order chi connectivity index (χ1) is 9.70. The second-order valence-electron chi connectivity index (χ2n) is 5.12. The molecule has 112 valence electrons. The number of alkyl halides is 3. The molecule has 2 rings (SSSR count). The molecule has 0 aliphatic rings. The molecule has 1 atom stereocenters. The predicted octanol–water partition coefficient (Wildman–Crippen LogP) is 4.29. The number of benzene rings is 2. The van der Waals surface area contributed by atoms with Crippen molar-refractivity contribution < 1.29 is 22.7 Å². The third-order valence-electron chi connectivity index (χ3n) is 3.33. The van der Waals surface area contributed by atoms with Gasteiger partial charge in [-0.25, -0.2) is 4.39 Å². The minimum Gasteiger partial charge on any atom is -0.385 e. The maximum Gasteiger partial charge on any atom is 0.416 e. The van der Waals surface area contributed by atoms with Crippen molar-refractivity contribution in [2.45, 2.75) is 25.1 Å². The topological polar surface area (TPSA) is 20.2 Å². The van der Waals surface area contributed by atoms with Gasteiger partial charge in [0, 0.05) is 6.42 Å². The lowest BCUT2D eigenvalue weighted by Crippen LogP contribution is -2.25. The van der Waals surface area contributed by atoms with Crippen LogP contribution < -0.4 is 0 Å². The molecule has 1 nitrogen and oxygen atoms in total. The minimum absolute atomic E-state index is 0.0228. The van der Waals surface area contributed by atoms with Crippen molar-refractivity contribution >= 4 is 0 Å². The van der Waals surface area contributed by atoms with Crippen molar-refractivity contribution in [2.75, 3.05) is 0 Å². The molecular weight excluding hydrogens is 284 g/mol. The molecule has 0 spiro atoms. The van der Waals surface area contributed by atoms with Gasteiger partial charge in [0.1, 0.15) is 5.82 Å². The van der Waals surface area contributed by atoms with Gasteiger partial charge in [0.15, 0.2) is 0 Å². The predicted molar refractivity (Wildman–Crippen MR) is 71.1 cm³/mol. The van der Waals surface area contributed by atoms with Crippen molar-refractivity contribution in [2.24, 2.45) is 0 Å². The van der Waals surface area contributed by atoms with Crippen molar-refractivity contribution in [3.05, 3.63) is 71.0 Å². The van der Waals surface area contributed by atoms with Gasteiger partial charge in [0.2, 0.25) is 0 Å². The van der Waals surface area contributed by atoms with Crippen LogP contribution in [-0.4, -0.2) is 5.11 Å². The van der Waals surface area contributed by atoms with Crippen molar-refractivity contribution in [3.63, 3.8) is 0 Å². The van der Waals surface area contributed by atoms with Crippen molar-refractivity contribution in [1.82, 2.24) is 0 Å². The van der Waals surface area contributed by atoms with Crippen LogP contribution in [0.15, 0.2) is 48.5 Å². The summed E-state index contributed by atoms with van der Waals surface area (Å²) < 4.78 is 51.1. The third kappa shape index (κ3) is 3.61. The lowest BCUT2D eigenvalue weighted by Gasteiger charge is -2.24. The molecule has 0 aromatic heterocycles. The second kappa shape index (κ2) is 5.48. The van der Waals surface area contributed by atoms with Crippen LogP contribution in [0.2, 0.25) is 0 Å². The average Bonchev–Trinajstić information content (AvgIpc) is 2.40. The Morgan fingerprint density at radius 2 is 1.43 bits per heavy atom. The fourth-order valence-electron chi connectivity index (χ4n) is 2.13. The van der Waals surface area contributed by atoms with Crippen LogP contribution in [0.3, 0.4) is 0 Å². The molecule has 0 saturated carbocycles. The Morgan fingerprint density at radius 3 is 1.95 bits per heavy atom. The van der Waals surface area contributed by atoms with E-state index in [0.717, 1.165) is 12.1 Å². The Labute approximate surface area is 119 Å². The number of hydrogen-bond acceptors (Lipinski definition) is 1. The highest BCUT2D eigenvalue weighted by Crippen LogP contribution is 2.32. The normalized spacial score (nSPS) is 14.8. The van der Waals surface area contributed by atoms with E-state index in [-0.39, 0.29) is 6.42 Å². The summed E-state index contributed by atoms with van der Waals surface area (Å²) in [7, 11) is 0. The quantitative estimate of drug-likeness (QED) is 0.838. The van der Waals surface area contributed by atoms with Crippen molar-refractivity contribution in [3.8, 4) is 0 Å². The standard InChI is InChI=1S/C16H14F4O/c1-15(21,10-11-4-2-3-5-14(11)17)12-6-8-13(9-7-12)16(18,19)20/h2-9,21H,10H2,1H3. The van der Waals surface area contributed by atoms with Crippen LogP contribution in [-0.2, 0) is 18.2 Å². The molecule has 1 unspecified atom stereocenters. The van der Waals surface area contributed by atoms with Gasteiger partial charge in [-0.3, -0.25) is 0 Å². The Bertz CT molecular complexity index is 615. The highest BCUT2D eigenvalue weighted by Gasteiger charge is 2.31. The molecule has 21 heavy (non-hydrogen) atoms. The van der Waals surface area contributed by atoms with E-state index in [4.69, 9.17) is 0 Å². The van der Waals surface area contributed by atoms with Crippen LogP contribution in [0, 0.1) is 5.82 Å². The van der Waals surface area contributed by atoms with E-state index in [9.17, 15) is 22.7 Å². The Morgan fingerprint density at radius 1 is 0.905 bits per heavy atom. The molecule has 0 amide bonds. The zero-order chi connectivity index (χ0) is 15.7. The molecule has 0 saturated heterocycles. The highest BCUT2D eigenvalue weighted by atomic mass is 19.4. The van der Waals surface area contributed by atoms with Gasteiger partial charge >= 0.3 is 6.18 Å². The smallest absolute Gasteiger partial charge is 0.385 e. The van der Waals surface area contributed by atoms with E-state index < -0.39 is 23.2 Å². The number of hydrogen-bond donors (Lipinski definition) is 1. The summed E-state index contributed by atoms with van der Waals surface area (Å²) >= 11 is 0. The minimum atomic E-state index is -4.42. The first-order valence-corrected chi connectivity index (χ1v) is 6.34. The van der Waals surface area contributed by atoms with E-state index in [1.165, 1.54) is 37.3 Å². The Kier molecular flexibility index (Phi) is 4.05. The maximum atomic E-state index is 13.6. The molecule has 2 aromatic rings. The Balaban J connectivity index is 2.25. The summed E-state index contributed by atoms with van der Waals surface area (Å²) in [5.41, 5.74) is -1.62. The molecule has 0 bridgehead atoms. The van der Waals surface area contributed by atoms with E-state index in [1.807, 2.05) is 0 Å². The lowest BCUT2D eigenvalue weighted by atomic mass is 9.88. The maximum absolute atomic E-state index is 13.6. The molecule has 0 fully saturated rings. The summed E-state index contributed by atoms with van der Waals surface area (Å²) in [5, 5.41) is 10.4. The molecule has 2 aromatic carbocycles. The van der Waals surface area contributed by atoms with Gasteiger partial charge < -0.3 is 5.11 Å². The summed E-state index contributed by atoms with van der Waals surface area (Å²) in [6.07, 6.45) is -4.44. The first kappa shape index (κ1) is 15.5. The van der Waals surface area contributed by atoms with Gasteiger partial charge in [-0.15, -0.1) is 0 Å². The molecule has 0 aliphatic heterocycles. The number of aliphatic hydroxyl groups is 1. The van der Waals surface area contributed by atoms with Crippen LogP contribution in [0.4, 0.5) is 17.6 Å². The van der Waals surface area contributed by atoms with Crippen LogP contribution in [0.25, 0.3) is 0 Å². The van der Waals surface area contributed by atoms with E-state index in [0.29, 0.717) is 11.1 Å². The van der Waals surface area contributed by atoms with Gasteiger partial charge in [0.25, 0.3) is 0 Å². The molecule has 0 radical (unpaired) electrons. The zero-order valence-corrected chi connectivity index (χ0v) is 11.3. The fourth-order valence-corrected chi connectivity index (χ4v) is 2.13. The van der Waals surface area contributed by atoms with Crippen LogP contribution >= 0.6 is 0 Å². The van der Waals surface area contributed by atoms with Crippen LogP contribution in [0.1, 0.15) is 23.6 Å². The molecule has 0 aliphatic carbocycles. The third-order valence-corrected chi connectivity index (χ3v) is 3.33. The monoisotopic (exact) mass is 298 g/mol. The van der Waals surface area contributed by atoms with Gasteiger partial charge in [-0.1, -0.05) is 30.3 Å². The molecular formula is C16H14F4O. The highest BCUT2D eigenvalue weighted by molar-refractivity contribution is 5.30. The van der Waals surface area contributed by atoms with Gasteiger partial charge in [0.05, 0.1) is 11.2 Å². The molecule has 0 heterocycles. The largest absolute Gasteiger partial charge is 0.416 e. The van der Waals surface area contributed by atoms with Crippen molar-refractivity contribution in [1.29, 1.82) is 0 Å². The van der Waals surface area contributed by atoms with Gasteiger partial charge in [-0.2, -0.15) is 13.2 Å². The summed E-state index contributed by atoms with van der Waals surface area (Å²) in [6.45, 7) is 1.45. The lowest BCUT2D eigenvalue weighted by molar-refractivity contribution is -0.137. The number of rotatable bonds is 3. The molecule has 5 heteroatoms. The van der Waals surface area contributed by atoms with E-state index in [1.54, 1.807) is 6.07 Å². The summed E-state index contributed by atoms with van der Waals surface area (Å²) in [6, 6.07) is 10.2. The van der Waals surface area contributed by atoms with Crippen LogP contribution in [0.5, 0.6) is 0 Å². The summed E-state index contributed by atoms with van der Waals surface area (Å²) in [4.78, 5) is 0. The van der Waals surface area contributed by atoms with Gasteiger partial charge in [-0.05, 0) is 36.2 Å². The SMILES string of the molecule is CC(O)(Cc1ccccc1F)c1ccc(C(F)(F)F)cc1. The summed E-state index contributed by atoms with van der Waals surface area (Å²) in [5.74, 6) is -0.454. The number of halogens is 4. The first-order valence-electron chi connectivity index (χ1n) is 6.34. The van der Waals surface area contributed by atoms with E-state index >= 15 is 0 Å². The second-order valence-corrected chi connectivity index (χ2v) is 5.12. The fraction of sp³-hybridized carbons (Fsp3) is 0.250. The average molecular weight is 298 g/mol.